The molecule has 3 nitrogen and oxygen atoms in total. The number of hydrogen-bond donors (Lipinski definition) is 2. The molecule has 0 amide bonds. The second kappa shape index (κ2) is 3.35. The van der Waals surface area contributed by atoms with Crippen LogP contribution >= 0.6 is 12.2 Å². The predicted octanol–water partition coefficient (Wildman–Crippen LogP) is 2.22. The van der Waals surface area contributed by atoms with Crippen molar-refractivity contribution in [2.45, 2.75) is 32.5 Å². The molecule has 0 aromatic heterocycles. The van der Waals surface area contributed by atoms with Crippen molar-refractivity contribution in [1.29, 1.82) is 0 Å². The van der Waals surface area contributed by atoms with Gasteiger partial charge in [0.05, 0.1) is 11.4 Å². The number of benzene rings is 1. The van der Waals surface area contributed by atoms with Crippen molar-refractivity contribution in [2.24, 2.45) is 0 Å². The second-order valence-corrected chi connectivity index (χ2v) is 4.97. The molecular formula is C12H15N3S. The van der Waals surface area contributed by atoms with Crippen LogP contribution in [0.4, 0.5) is 11.4 Å². The summed E-state index contributed by atoms with van der Waals surface area (Å²) in [4.78, 5) is 2.21. The topological polar surface area (TPSA) is 27.3 Å². The van der Waals surface area contributed by atoms with Gasteiger partial charge in [0.2, 0.25) is 0 Å². The van der Waals surface area contributed by atoms with Crippen molar-refractivity contribution in [3.05, 3.63) is 23.8 Å². The minimum absolute atomic E-state index is 0.319. The fraction of sp³-hybridized carbons (Fsp3) is 0.417. The first kappa shape index (κ1) is 9.90. The lowest BCUT2D eigenvalue weighted by molar-refractivity contribution is 0.517. The van der Waals surface area contributed by atoms with E-state index < -0.39 is 0 Å². The van der Waals surface area contributed by atoms with Crippen LogP contribution in [0.15, 0.2) is 18.2 Å². The Morgan fingerprint density at radius 2 is 2.19 bits per heavy atom. The zero-order valence-corrected chi connectivity index (χ0v) is 10.3. The highest BCUT2D eigenvalue weighted by Crippen LogP contribution is 2.39. The highest BCUT2D eigenvalue weighted by atomic mass is 32.1. The van der Waals surface area contributed by atoms with Crippen LogP contribution in [0.5, 0.6) is 0 Å². The minimum atomic E-state index is 0.319. The largest absolute Gasteiger partial charge is 0.363 e. The molecule has 0 radical (unpaired) electrons. The van der Waals surface area contributed by atoms with Crippen molar-refractivity contribution in [3.63, 3.8) is 0 Å². The zero-order chi connectivity index (χ0) is 11.3. The molecule has 2 aliphatic rings. The summed E-state index contributed by atoms with van der Waals surface area (Å²) < 4.78 is 0. The van der Waals surface area contributed by atoms with Gasteiger partial charge in [-0.05, 0) is 37.7 Å². The second-order valence-electron chi connectivity index (χ2n) is 4.59. The Morgan fingerprint density at radius 3 is 3.00 bits per heavy atom. The van der Waals surface area contributed by atoms with E-state index in [2.05, 4.69) is 47.6 Å². The lowest BCUT2D eigenvalue weighted by Gasteiger charge is -2.36. The first-order chi connectivity index (χ1) is 7.66. The Kier molecular flexibility index (Phi) is 2.07. The standard InChI is InChI=1S/C12H15N3S/c1-7-4-3-5-9-11(7)15-10(14-9)6-8(2)13-12(15)16/h3-5,8,10,14H,6H2,1-2H3,(H,13,16). The summed E-state index contributed by atoms with van der Waals surface area (Å²) >= 11 is 5.43. The van der Waals surface area contributed by atoms with Gasteiger partial charge < -0.3 is 10.6 Å². The Balaban J connectivity index is 2.07. The van der Waals surface area contributed by atoms with E-state index in [9.17, 15) is 0 Å². The van der Waals surface area contributed by atoms with Crippen LogP contribution in [0.1, 0.15) is 18.9 Å². The molecule has 2 N–H and O–H groups in total. The number of para-hydroxylation sites is 1. The molecule has 1 saturated heterocycles. The smallest absolute Gasteiger partial charge is 0.175 e. The normalized spacial score (nSPS) is 26.9. The van der Waals surface area contributed by atoms with Gasteiger partial charge in [-0.1, -0.05) is 12.1 Å². The van der Waals surface area contributed by atoms with E-state index in [-0.39, 0.29) is 0 Å². The third-order valence-electron chi connectivity index (χ3n) is 3.28. The number of rotatable bonds is 0. The Hall–Kier alpha value is -1.29. The van der Waals surface area contributed by atoms with Crippen LogP contribution in [-0.4, -0.2) is 17.3 Å². The van der Waals surface area contributed by atoms with Crippen LogP contribution in [-0.2, 0) is 0 Å². The number of thiocarbonyl (C=S) groups is 1. The minimum Gasteiger partial charge on any atom is -0.363 e. The average molecular weight is 233 g/mol. The molecule has 2 aliphatic heterocycles. The molecule has 1 aromatic rings. The van der Waals surface area contributed by atoms with E-state index in [0.717, 1.165) is 11.5 Å². The molecule has 2 atom stereocenters. The molecule has 4 heteroatoms. The highest BCUT2D eigenvalue weighted by molar-refractivity contribution is 7.80. The summed E-state index contributed by atoms with van der Waals surface area (Å²) in [6.07, 6.45) is 1.38. The molecule has 16 heavy (non-hydrogen) atoms. The third-order valence-corrected chi connectivity index (χ3v) is 3.59. The summed E-state index contributed by atoms with van der Waals surface area (Å²) in [5.41, 5.74) is 3.70. The molecule has 0 bridgehead atoms. The van der Waals surface area contributed by atoms with Gasteiger partial charge in [0.1, 0.15) is 6.17 Å². The fourth-order valence-corrected chi connectivity index (χ4v) is 3.00. The van der Waals surface area contributed by atoms with Gasteiger partial charge in [0.15, 0.2) is 5.11 Å². The van der Waals surface area contributed by atoms with Crippen molar-refractivity contribution in [2.75, 3.05) is 10.2 Å². The molecule has 1 fully saturated rings. The van der Waals surface area contributed by atoms with Gasteiger partial charge >= 0.3 is 0 Å². The maximum absolute atomic E-state index is 5.43. The summed E-state index contributed by atoms with van der Waals surface area (Å²) in [6, 6.07) is 6.77. The molecule has 2 heterocycles. The third kappa shape index (κ3) is 1.29. The van der Waals surface area contributed by atoms with Crippen LogP contribution in [0.3, 0.4) is 0 Å². The van der Waals surface area contributed by atoms with Gasteiger partial charge in [-0.3, -0.25) is 4.90 Å². The summed E-state index contributed by atoms with van der Waals surface area (Å²) in [5, 5.41) is 7.71. The van der Waals surface area contributed by atoms with E-state index >= 15 is 0 Å². The molecule has 0 saturated carbocycles. The number of nitrogens with one attached hydrogen (secondary N) is 2. The number of nitrogens with zero attached hydrogens (tertiary/aromatic N) is 1. The van der Waals surface area contributed by atoms with E-state index in [1.54, 1.807) is 0 Å². The van der Waals surface area contributed by atoms with E-state index in [4.69, 9.17) is 12.2 Å². The molecule has 2 unspecified atom stereocenters. The number of aryl methyl sites for hydroxylation is 1. The van der Waals surface area contributed by atoms with E-state index in [1.165, 1.54) is 16.9 Å². The SMILES string of the molecule is Cc1cccc2c1N1C(=S)NC(C)CC1N2. The number of anilines is 2. The number of fused-ring (bicyclic) bond motifs is 3. The van der Waals surface area contributed by atoms with Crippen LogP contribution in [0.25, 0.3) is 0 Å². The predicted molar refractivity (Wildman–Crippen MR) is 70.9 cm³/mol. The molecule has 1 aromatic carbocycles. The fourth-order valence-electron chi connectivity index (χ4n) is 2.58. The Bertz CT molecular complexity index is 458. The molecule has 84 valence electrons. The first-order valence-electron chi connectivity index (χ1n) is 5.62. The van der Waals surface area contributed by atoms with Crippen molar-refractivity contribution >= 4 is 28.7 Å². The van der Waals surface area contributed by atoms with Gasteiger partial charge in [-0.2, -0.15) is 0 Å². The van der Waals surface area contributed by atoms with Crippen LogP contribution in [0, 0.1) is 6.92 Å². The maximum Gasteiger partial charge on any atom is 0.175 e. The molecule has 0 spiro atoms. The maximum atomic E-state index is 5.43. The van der Waals surface area contributed by atoms with Gasteiger partial charge in [0.25, 0.3) is 0 Å². The molecule has 0 aliphatic carbocycles. The van der Waals surface area contributed by atoms with Gasteiger partial charge in [-0.15, -0.1) is 0 Å². The van der Waals surface area contributed by atoms with Crippen LogP contribution in [0.2, 0.25) is 0 Å². The monoisotopic (exact) mass is 233 g/mol. The van der Waals surface area contributed by atoms with Crippen molar-refractivity contribution in [3.8, 4) is 0 Å². The quantitative estimate of drug-likeness (QED) is 0.672. The average Bonchev–Trinajstić information content (AvgIpc) is 2.56. The highest BCUT2D eigenvalue weighted by Gasteiger charge is 2.37. The summed E-state index contributed by atoms with van der Waals surface area (Å²) in [7, 11) is 0. The summed E-state index contributed by atoms with van der Waals surface area (Å²) in [6.45, 7) is 4.30. The van der Waals surface area contributed by atoms with Crippen molar-refractivity contribution < 1.29 is 0 Å². The lowest BCUT2D eigenvalue weighted by atomic mass is 10.1. The summed E-state index contributed by atoms with van der Waals surface area (Å²) in [5.74, 6) is 0. The zero-order valence-electron chi connectivity index (χ0n) is 9.45. The van der Waals surface area contributed by atoms with Crippen molar-refractivity contribution in [1.82, 2.24) is 5.32 Å². The molecular weight excluding hydrogens is 218 g/mol. The number of hydrogen-bond acceptors (Lipinski definition) is 2. The van der Waals surface area contributed by atoms with E-state index in [0.29, 0.717) is 12.2 Å². The van der Waals surface area contributed by atoms with Gasteiger partial charge in [-0.25, -0.2) is 0 Å². The molecule has 3 rings (SSSR count). The van der Waals surface area contributed by atoms with E-state index in [1.807, 2.05) is 0 Å². The Labute approximate surface area is 101 Å². The lowest BCUT2D eigenvalue weighted by Crippen LogP contribution is -2.56. The first-order valence-corrected chi connectivity index (χ1v) is 6.03. The van der Waals surface area contributed by atoms with Crippen LogP contribution < -0.4 is 15.5 Å². The Morgan fingerprint density at radius 1 is 1.38 bits per heavy atom. The van der Waals surface area contributed by atoms with Gasteiger partial charge in [0, 0.05) is 12.5 Å².